The Morgan fingerprint density at radius 2 is 0.594 bits per heavy atom. The predicted molar refractivity (Wildman–Crippen MR) is 285 cm³/mol. The van der Waals surface area contributed by atoms with Crippen molar-refractivity contribution in [3.05, 3.63) is 230 Å². The summed E-state index contributed by atoms with van der Waals surface area (Å²) in [5.41, 5.74) is 9.58. The fourth-order valence-corrected chi connectivity index (χ4v) is 9.09. The molecule has 348 valence electrons. The molecule has 0 aliphatic heterocycles. The number of nitrogens with zero attached hydrogens (tertiary/aromatic N) is 6. The van der Waals surface area contributed by atoms with Crippen LogP contribution in [0.25, 0.3) is 0 Å². The van der Waals surface area contributed by atoms with Crippen molar-refractivity contribution in [1.82, 2.24) is 0 Å². The standard InChI is InChI=1S/C57H54N6O4S2/c1-68(64,65)56-38-34-48(35-39-56)60(58-44-46-26-30-54(31-27-46)62(50-18-8-3-9-19-50)51-20-10-4-11-21-51)42-16-7-17-43-61(49-36-40-57(41-37-49)69(2,66)67)59-45-47-28-32-55(33-29-47)63(52-22-12-5-13-23-52)53-24-14-6-15-25-53/h3-6,8-15,18-41,44-45H,7,16-17,42-43H2,1-2H3/b58-44+,59-45?. The molecule has 0 amide bonds. The predicted octanol–water partition coefficient (Wildman–Crippen LogP) is 13.0. The number of unbranched alkanes of at least 4 members (excludes halogenated alkanes) is 2. The third kappa shape index (κ3) is 12.8. The number of para-hydroxylation sites is 4. The lowest BCUT2D eigenvalue weighted by molar-refractivity contribution is 0.600. The molecule has 10 nitrogen and oxygen atoms in total. The van der Waals surface area contributed by atoms with Gasteiger partial charge in [-0.05, 0) is 152 Å². The van der Waals surface area contributed by atoms with Crippen molar-refractivity contribution in [2.24, 2.45) is 10.2 Å². The van der Waals surface area contributed by atoms with Crippen LogP contribution in [0.15, 0.2) is 238 Å². The fraction of sp³-hybridized carbons (Fsp3) is 0.123. The summed E-state index contributed by atoms with van der Waals surface area (Å²) >= 11 is 0. The molecule has 0 heterocycles. The Morgan fingerprint density at radius 1 is 0.333 bits per heavy atom. The summed E-state index contributed by atoms with van der Waals surface area (Å²) in [5.74, 6) is 0. The van der Waals surface area contributed by atoms with Gasteiger partial charge in [0.1, 0.15) is 0 Å². The molecule has 0 aromatic heterocycles. The Bertz CT molecular complexity index is 2860. The molecule has 8 rings (SSSR count). The second kappa shape index (κ2) is 22.3. The van der Waals surface area contributed by atoms with Crippen LogP contribution in [0.5, 0.6) is 0 Å². The van der Waals surface area contributed by atoms with Crippen molar-refractivity contribution < 1.29 is 16.8 Å². The highest BCUT2D eigenvalue weighted by molar-refractivity contribution is 7.91. The maximum Gasteiger partial charge on any atom is 0.175 e. The lowest BCUT2D eigenvalue weighted by atomic mass is 10.1. The molecular formula is C57H54N6O4S2. The van der Waals surface area contributed by atoms with Crippen molar-refractivity contribution in [2.75, 3.05) is 45.4 Å². The molecule has 0 saturated carbocycles. The number of hydrogen-bond donors (Lipinski definition) is 0. The van der Waals surface area contributed by atoms with Gasteiger partial charge in [0.05, 0.1) is 33.6 Å². The van der Waals surface area contributed by atoms with E-state index in [1.165, 1.54) is 12.5 Å². The number of hydrogen-bond acceptors (Lipinski definition) is 10. The number of rotatable bonds is 20. The van der Waals surface area contributed by atoms with Gasteiger partial charge in [-0.25, -0.2) is 16.8 Å². The monoisotopic (exact) mass is 950 g/mol. The molecule has 0 N–H and O–H groups in total. The van der Waals surface area contributed by atoms with E-state index in [4.69, 9.17) is 10.2 Å². The largest absolute Gasteiger partial charge is 0.311 e. The van der Waals surface area contributed by atoms with Crippen molar-refractivity contribution in [3.63, 3.8) is 0 Å². The van der Waals surface area contributed by atoms with Gasteiger partial charge in [-0.15, -0.1) is 0 Å². The number of sulfone groups is 2. The molecule has 0 unspecified atom stereocenters. The van der Waals surface area contributed by atoms with Gasteiger partial charge < -0.3 is 9.80 Å². The summed E-state index contributed by atoms with van der Waals surface area (Å²) in [6.45, 7) is 1.15. The summed E-state index contributed by atoms with van der Waals surface area (Å²) in [4.78, 5) is 4.90. The Balaban J connectivity index is 0.973. The zero-order valence-electron chi connectivity index (χ0n) is 38.6. The Kier molecular flexibility index (Phi) is 15.4. The normalized spacial score (nSPS) is 11.7. The summed E-state index contributed by atoms with van der Waals surface area (Å²) in [6, 6.07) is 71.1. The third-order valence-corrected chi connectivity index (χ3v) is 13.7. The van der Waals surface area contributed by atoms with Gasteiger partial charge in [0.25, 0.3) is 0 Å². The Labute approximate surface area is 406 Å². The molecule has 0 aliphatic rings. The van der Waals surface area contributed by atoms with Crippen LogP contribution >= 0.6 is 0 Å². The van der Waals surface area contributed by atoms with E-state index in [1.54, 1.807) is 48.5 Å². The maximum absolute atomic E-state index is 12.3. The van der Waals surface area contributed by atoms with E-state index in [2.05, 4.69) is 82.6 Å². The highest BCUT2D eigenvalue weighted by atomic mass is 32.2. The second-order valence-electron chi connectivity index (χ2n) is 16.5. The summed E-state index contributed by atoms with van der Waals surface area (Å²) in [5, 5.41) is 13.7. The zero-order chi connectivity index (χ0) is 48.1. The van der Waals surface area contributed by atoms with Gasteiger partial charge in [-0.1, -0.05) is 97.1 Å². The molecule has 0 fully saturated rings. The third-order valence-electron chi connectivity index (χ3n) is 11.4. The van der Waals surface area contributed by atoms with Crippen molar-refractivity contribution >= 4 is 77.6 Å². The number of hydrazone groups is 2. The molecule has 0 atom stereocenters. The number of anilines is 8. The molecule has 0 aliphatic carbocycles. The van der Waals surface area contributed by atoms with E-state index in [0.717, 1.165) is 75.9 Å². The number of benzene rings is 8. The quantitative estimate of drug-likeness (QED) is 0.0422. The molecule has 12 heteroatoms. The lowest BCUT2D eigenvalue weighted by Crippen LogP contribution is -2.20. The van der Waals surface area contributed by atoms with E-state index in [9.17, 15) is 16.8 Å². The molecule has 0 bridgehead atoms. The topological polar surface area (TPSA) is 106 Å². The average molecular weight is 951 g/mol. The van der Waals surface area contributed by atoms with E-state index in [0.29, 0.717) is 13.1 Å². The van der Waals surface area contributed by atoms with Gasteiger partial charge in [0.15, 0.2) is 19.7 Å². The first kappa shape index (κ1) is 47.7. The van der Waals surface area contributed by atoms with E-state index >= 15 is 0 Å². The van der Waals surface area contributed by atoms with Crippen LogP contribution in [0.2, 0.25) is 0 Å². The Hall–Kier alpha value is -7.80. The Morgan fingerprint density at radius 3 is 0.870 bits per heavy atom. The fourth-order valence-electron chi connectivity index (χ4n) is 7.83. The van der Waals surface area contributed by atoms with Crippen molar-refractivity contribution in [1.29, 1.82) is 0 Å². The summed E-state index contributed by atoms with van der Waals surface area (Å²) in [7, 11) is -6.75. The smallest absolute Gasteiger partial charge is 0.175 e. The minimum absolute atomic E-state index is 0.245. The van der Waals surface area contributed by atoms with E-state index < -0.39 is 19.7 Å². The molecular weight excluding hydrogens is 897 g/mol. The van der Waals surface area contributed by atoms with Crippen molar-refractivity contribution in [2.45, 2.75) is 29.1 Å². The van der Waals surface area contributed by atoms with E-state index in [1.807, 2.05) is 120 Å². The zero-order valence-corrected chi connectivity index (χ0v) is 40.2. The van der Waals surface area contributed by atoms with Gasteiger partial charge in [-0.3, -0.25) is 10.0 Å². The van der Waals surface area contributed by atoms with Crippen LogP contribution in [0.3, 0.4) is 0 Å². The van der Waals surface area contributed by atoms with Gasteiger partial charge in [-0.2, -0.15) is 10.2 Å². The van der Waals surface area contributed by atoms with E-state index in [-0.39, 0.29) is 9.79 Å². The molecule has 0 spiro atoms. The van der Waals surface area contributed by atoms with Gasteiger partial charge in [0, 0.05) is 59.7 Å². The minimum atomic E-state index is -3.38. The highest BCUT2D eigenvalue weighted by Crippen LogP contribution is 2.35. The van der Waals surface area contributed by atoms with Crippen LogP contribution in [0.4, 0.5) is 45.5 Å². The van der Waals surface area contributed by atoms with Crippen LogP contribution in [0, 0.1) is 0 Å². The summed E-state index contributed by atoms with van der Waals surface area (Å²) < 4.78 is 49.3. The van der Waals surface area contributed by atoms with Crippen molar-refractivity contribution in [3.8, 4) is 0 Å². The molecule has 8 aromatic carbocycles. The SMILES string of the molecule is CS(=O)(=O)c1ccc(N(CCCCCN(/N=C/c2ccc(N(c3ccccc3)c3ccccc3)cc2)c2ccc(S(C)(=O)=O)cc2)N=Cc2ccc(N(c3ccccc3)c3ccccc3)cc2)cc1. The van der Waals surface area contributed by atoms with Gasteiger partial charge in [0.2, 0.25) is 0 Å². The first-order valence-electron chi connectivity index (χ1n) is 22.7. The van der Waals surface area contributed by atoms with Crippen LogP contribution in [0.1, 0.15) is 30.4 Å². The van der Waals surface area contributed by atoms with Crippen LogP contribution in [-0.4, -0.2) is 54.9 Å². The van der Waals surface area contributed by atoms with Crippen LogP contribution in [-0.2, 0) is 19.7 Å². The summed E-state index contributed by atoms with van der Waals surface area (Å²) in [6.07, 6.45) is 8.44. The molecule has 0 saturated heterocycles. The maximum atomic E-state index is 12.3. The van der Waals surface area contributed by atoms with Gasteiger partial charge >= 0.3 is 0 Å². The molecule has 69 heavy (non-hydrogen) atoms. The minimum Gasteiger partial charge on any atom is -0.311 e. The second-order valence-corrected chi connectivity index (χ2v) is 20.6. The first-order valence-corrected chi connectivity index (χ1v) is 26.5. The molecule has 8 aromatic rings. The highest BCUT2D eigenvalue weighted by Gasteiger charge is 2.15. The lowest BCUT2D eigenvalue weighted by Gasteiger charge is -2.25. The van der Waals surface area contributed by atoms with Crippen LogP contribution < -0.4 is 19.8 Å². The molecule has 0 radical (unpaired) electrons. The average Bonchev–Trinajstić information content (AvgIpc) is 3.37. The first-order chi connectivity index (χ1) is 33.5.